The molecule has 1 aromatic rings. The van der Waals surface area contributed by atoms with E-state index in [2.05, 4.69) is 0 Å². The van der Waals surface area contributed by atoms with Crippen LogP contribution < -0.4 is 4.74 Å². The third kappa shape index (κ3) is 3.42. The fraction of sp³-hybridized carbons (Fsp3) is 0.467. The van der Waals surface area contributed by atoms with Crippen molar-refractivity contribution in [2.24, 2.45) is 5.92 Å². The van der Waals surface area contributed by atoms with Crippen LogP contribution in [0.5, 0.6) is 5.75 Å². The SMILES string of the molecule is CC.CC.Cc1ccc2c(c1)C(=O)C(C)C(=O)O2. The van der Waals surface area contributed by atoms with E-state index < -0.39 is 11.9 Å². The summed E-state index contributed by atoms with van der Waals surface area (Å²) in [5.41, 5.74) is 1.50. The van der Waals surface area contributed by atoms with E-state index in [1.165, 1.54) is 0 Å². The largest absolute Gasteiger partial charge is 0.425 e. The number of Topliss-reactive ketones (excluding diaryl/α,β-unsaturated/α-hetero) is 1. The van der Waals surface area contributed by atoms with Gasteiger partial charge < -0.3 is 4.74 Å². The predicted octanol–water partition coefficient (Wildman–Crippen LogP) is 3.79. The molecule has 18 heavy (non-hydrogen) atoms. The first-order valence-electron chi connectivity index (χ1n) is 6.46. The van der Waals surface area contributed by atoms with Gasteiger partial charge in [-0.15, -0.1) is 0 Å². The van der Waals surface area contributed by atoms with Crippen LogP contribution in [0.2, 0.25) is 0 Å². The number of benzene rings is 1. The highest BCUT2D eigenvalue weighted by atomic mass is 16.5. The lowest BCUT2D eigenvalue weighted by molar-refractivity contribution is -0.137. The second-order valence-corrected chi connectivity index (χ2v) is 3.51. The highest BCUT2D eigenvalue weighted by molar-refractivity contribution is 6.13. The summed E-state index contributed by atoms with van der Waals surface area (Å²) in [7, 11) is 0. The van der Waals surface area contributed by atoms with Crippen molar-refractivity contribution in [3.05, 3.63) is 29.3 Å². The molecule has 0 saturated carbocycles. The summed E-state index contributed by atoms with van der Waals surface area (Å²) in [6.45, 7) is 11.5. The van der Waals surface area contributed by atoms with E-state index in [1.807, 2.05) is 40.7 Å². The van der Waals surface area contributed by atoms with E-state index in [0.717, 1.165) is 5.56 Å². The van der Waals surface area contributed by atoms with Crippen LogP contribution in [-0.4, -0.2) is 11.8 Å². The lowest BCUT2D eigenvalue weighted by atomic mass is 9.95. The molecular formula is C15H22O3. The Bertz CT molecular complexity index is 422. The van der Waals surface area contributed by atoms with Gasteiger partial charge in [0.15, 0.2) is 5.78 Å². The Balaban J connectivity index is 0.000000659. The molecule has 0 aromatic heterocycles. The Kier molecular flexibility index (Phi) is 6.94. The van der Waals surface area contributed by atoms with E-state index in [0.29, 0.717) is 11.3 Å². The molecule has 1 aromatic carbocycles. The van der Waals surface area contributed by atoms with Gasteiger partial charge in [0.2, 0.25) is 0 Å². The van der Waals surface area contributed by atoms with Crippen LogP contribution in [0.15, 0.2) is 18.2 Å². The monoisotopic (exact) mass is 250 g/mol. The molecule has 1 unspecified atom stereocenters. The number of hydrogen-bond acceptors (Lipinski definition) is 3. The van der Waals surface area contributed by atoms with E-state index >= 15 is 0 Å². The molecule has 0 spiro atoms. The van der Waals surface area contributed by atoms with Crippen molar-refractivity contribution in [1.29, 1.82) is 0 Å². The van der Waals surface area contributed by atoms with Crippen molar-refractivity contribution in [1.82, 2.24) is 0 Å². The van der Waals surface area contributed by atoms with Crippen LogP contribution in [0.25, 0.3) is 0 Å². The lowest BCUT2D eigenvalue weighted by Crippen LogP contribution is -2.31. The smallest absolute Gasteiger partial charge is 0.321 e. The zero-order valence-electron chi connectivity index (χ0n) is 12.0. The molecule has 0 radical (unpaired) electrons. The molecule has 0 fully saturated rings. The van der Waals surface area contributed by atoms with E-state index in [4.69, 9.17) is 4.74 Å². The summed E-state index contributed by atoms with van der Waals surface area (Å²) >= 11 is 0. The minimum Gasteiger partial charge on any atom is -0.425 e. The van der Waals surface area contributed by atoms with Crippen molar-refractivity contribution in [3.63, 3.8) is 0 Å². The number of fused-ring (bicyclic) bond motifs is 1. The lowest BCUT2D eigenvalue weighted by Gasteiger charge is -2.19. The molecule has 1 aliphatic rings. The van der Waals surface area contributed by atoms with Crippen molar-refractivity contribution >= 4 is 11.8 Å². The topological polar surface area (TPSA) is 43.4 Å². The van der Waals surface area contributed by atoms with Crippen molar-refractivity contribution in [2.45, 2.75) is 41.5 Å². The molecule has 0 aliphatic carbocycles. The van der Waals surface area contributed by atoms with Gasteiger partial charge in [0, 0.05) is 0 Å². The van der Waals surface area contributed by atoms with Gasteiger partial charge in [-0.1, -0.05) is 39.3 Å². The molecule has 1 aliphatic heterocycles. The summed E-state index contributed by atoms with van der Waals surface area (Å²) < 4.78 is 5.01. The second-order valence-electron chi connectivity index (χ2n) is 3.51. The van der Waals surface area contributed by atoms with Crippen molar-refractivity contribution < 1.29 is 14.3 Å². The number of aryl methyl sites for hydroxylation is 1. The maximum absolute atomic E-state index is 11.7. The van der Waals surface area contributed by atoms with Gasteiger partial charge in [0.05, 0.1) is 5.56 Å². The molecule has 0 bridgehead atoms. The van der Waals surface area contributed by atoms with Gasteiger partial charge in [-0.2, -0.15) is 0 Å². The van der Waals surface area contributed by atoms with Crippen LogP contribution in [0, 0.1) is 12.8 Å². The molecular weight excluding hydrogens is 228 g/mol. The van der Waals surface area contributed by atoms with Gasteiger partial charge >= 0.3 is 5.97 Å². The zero-order valence-corrected chi connectivity index (χ0v) is 12.0. The Morgan fingerprint density at radius 2 is 1.61 bits per heavy atom. The van der Waals surface area contributed by atoms with Crippen LogP contribution in [-0.2, 0) is 4.79 Å². The molecule has 1 heterocycles. The van der Waals surface area contributed by atoms with E-state index in [1.54, 1.807) is 19.1 Å². The van der Waals surface area contributed by atoms with Crippen LogP contribution in [0.3, 0.4) is 0 Å². The first-order chi connectivity index (χ1) is 8.59. The molecule has 2 rings (SSSR count). The fourth-order valence-electron chi connectivity index (χ4n) is 1.46. The number of ketones is 1. The highest BCUT2D eigenvalue weighted by Gasteiger charge is 2.32. The average Bonchev–Trinajstić information content (AvgIpc) is 2.42. The second kappa shape index (κ2) is 7.64. The number of hydrogen-bond donors (Lipinski definition) is 0. The minimum absolute atomic E-state index is 0.153. The Morgan fingerprint density at radius 3 is 2.17 bits per heavy atom. The summed E-state index contributed by atoms with van der Waals surface area (Å²) in [4.78, 5) is 22.9. The quantitative estimate of drug-likeness (QED) is 0.400. The maximum atomic E-state index is 11.7. The molecule has 100 valence electrons. The van der Waals surface area contributed by atoms with Crippen LogP contribution in [0.4, 0.5) is 0 Å². The molecule has 1 atom stereocenters. The predicted molar refractivity (Wildman–Crippen MR) is 73.0 cm³/mol. The minimum atomic E-state index is -0.677. The van der Waals surface area contributed by atoms with Crippen molar-refractivity contribution in [2.75, 3.05) is 0 Å². The highest BCUT2D eigenvalue weighted by Crippen LogP contribution is 2.28. The third-order valence-electron chi connectivity index (χ3n) is 2.36. The van der Waals surface area contributed by atoms with Crippen LogP contribution in [0.1, 0.15) is 50.5 Å². The van der Waals surface area contributed by atoms with Gasteiger partial charge in [-0.25, -0.2) is 0 Å². The number of carbonyl (C=O) groups is 2. The average molecular weight is 250 g/mol. The Hall–Kier alpha value is -1.64. The summed E-state index contributed by atoms with van der Waals surface area (Å²) in [6, 6.07) is 5.22. The fourth-order valence-corrected chi connectivity index (χ4v) is 1.46. The van der Waals surface area contributed by atoms with Gasteiger partial charge in [0.25, 0.3) is 0 Å². The molecule has 3 nitrogen and oxygen atoms in total. The molecule has 0 amide bonds. The third-order valence-corrected chi connectivity index (χ3v) is 2.36. The van der Waals surface area contributed by atoms with Crippen molar-refractivity contribution in [3.8, 4) is 5.75 Å². The Morgan fingerprint density at radius 1 is 1.06 bits per heavy atom. The first kappa shape index (κ1) is 16.4. The zero-order chi connectivity index (χ0) is 14.3. The summed E-state index contributed by atoms with van der Waals surface area (Å²) in [5.74, 6) is -0.917. The number of rotatable bonds is 0. The van der Waals surface area contributed by atoms with E-state index in [-0.39, 0.29) is 5.78 Å². The Labute approximate surface area is 109 Å². The number of carbonyl (C=O) groups excluding carboxylic acids is 2. The number of ether oxygens (including phenoxy) is 1. The molecule has 0 saturated heterocycles. The van der Waals surface area contributed by atoms with Gasteiger partial charge in [-0.05, 0) is 26.0 Å². The normalized spacial score (nSPS) is 16.4. The van der Waals surface area contributed by atoms with Gasteiger partial charge in [0.1, 0.15) is 11.7 Å². The van der Waals surface area contributed by atoms with Crippen LogP contribution >= 0.6 is 0 Å². The summed E-state index contributed by atoms with van der Waals surface area (Å²) in [6.07, 6.45) is 0. The molecule has 3 heteroatoms. The molecule has 0 N–H and O–H groups in total. The maximum Gasteiger partial charge on any atom is 0.321 e. The van der Waals surface area contributed by atoms with Gasteiger partial charge in [-0.3, -0.25) is 9.59 Å². The number of esters is 1. The summed E-state index contributed by atoms with van der Waals surface area (Å²) in [5, 5.41) is 0. The standard InChI is InChI=1S/C11H10O3.2C2H6/c1-6-3-4-9-8(5-6)10(12)7(2)11(13)14-9;2*1-2/h3-5,7H,1-2H3;2*1-2H3. The van der Waals surface area contributed by atoms with E-state index in [9.17, 15) is 9.59 Å². The first-order valence-corrected chi connectivity index (χ1v) is 6.46.